The monoisotopic (exact) mass is 398 g/mol. The molecule has 28 heavy (non-hydrogen) atoms. The summed E-state index contributed by atoms with van der Waals surface area (Å²) < 4.78 is 4.68. The fourth-order valence-corrected chi connectivity index (χ4v) is 3.36. The lowest BCUT2D eigenvalue weighted by molar-refractivity contribution is -0.140. The lowest BCUT2D eigenvalue weighted by atomic mass is 10.0. The van der Waals surface area contributed by atoms with Gasteiger partial charge in [0.1, 0.15) is 11.0 Å². The van der Waals surface area contributed by atoms with Crippen LogP contribution < -0.4 is 10.2 Å². The number of ether oxygens (including phenoxy) is 1. The number of pyridine rings is 1. The normalized spacial score (nSPS) is 15.8. The van der Waals surface area contributed by atoms with Gasteiger partial charge >= 0.3 is 5.97 Å². The number of methoxy groups -OCH3 is 1. The Kier molecular flexibility index (Phi) is 6.31. The second-order valence-electron chi connectivity index (χ2n) is 6.34. The maximum Gasteiger partial charge on any atom is 0.307 e. The predicted molar refractivity (Wildman–Crippen MR) is 113 cm³/mol. The number of hydrogen-bond acceptors (Lipinski definition) is 5. The van der Waals surface area contributed by atoms with Crippen LogP contribution in [0.25, 0.3) is 0 Å². The number of halogens is 1. The van der Waals surface area contributed by atoms with Crippen LogP contribution >= 0.6 is 11.6 Å². The van der Waals surface area contributed by atoms with E-state index in [1.807, 2.05) is 24.3 Å². The zero-order valence-electron chi connectivity index (χ0n) is 16.0. The minimum Gasteiger partial charge on any atom is -0.469 e. The highest BCUT2D eigenvalue weighted by Crippen LogP contribution is 2.40. The summed E-state index contributed by atoms with van der Waals surface area (Å²) in [7, 11) is 1.37. The van der Waals surface area contributed by atoms with Crippen molar-refractivity contribution in [3.63, 3.8) is 0 Å². The van der Waals surface area contributed by atoms with Gasteiger partial charge in [-0.3, -0.25) is 9.79 Å². The number of esters is 1. The summed E-state index contributed by atoms with van der Waals surface area (Å²) in [5.41, 5.74) is 2.63. The van der Waals surface area contributed by atoms with Crippen molar-refractivity contribution in [1.82, 2.24) is 4.98 Å². The zero-order valence-corrected chi connectivity index (χ0v) is 16.7. The third kappa shape index (κ3) is 4.17. The van der Waals surface area contributed by atoms with Gasteiger partial charge in [-0.25, -0.2) is 4.98 Å². The van der Waals surface area contributed by atoms with Gasteiger partial charge in [0.15, 0.2) is 5.82 Å². The Morgan fingerprint density at radius 1 is 1.32 bits per heavy atom. The van der Waals surface area contributed by atoms with Crippen LogP contribution in [-0.2, 0) is 9.53 Å². The number of aromatic nitrogens is 1. The molecule has 0 amide bonds. The number of rotatable bonds is 6. The molecule has 0 saturated carbocycles. The van der Waals surface area contributed by atoms with Crippen molar-refractivity contribution in [1.29, 1.82) is 0 Å². The third-order valence-electron chi connectivity index (χ3n) is 4.58. The quantitative estimate of drug-likeness (QED) is 0.569. The molecule has 0 bridgehead atoms. The first-order valence-electron chi connectivity index (χ1n) is 9.13. The molecule has 3 rings (SSSR count). The molecule has 146 valence electrons. The summed E-state index contributed by atoms with van der Waals surface area (Å²) >= 11 is 6.18. The molecule has 2 aromatic rings. The first-order chi connectivity index (χ1) is 13.5. The molecule has 1 N–H and O–H groups in total. The molecule has 0 fully saturated rings. The number of carbonyl (C=O) groups is 1. The summed E-state index contributed by atoms with van der Waals surface area (Å²) in [4.78, 5) is 22.5. The third-order valence-corrected chi connectivity index (χ3v) is 4.79. The molecule has 1 unspecified atom stereocenters. The van der Waals surface area contributed by atoms with Crippen LogP contribution in [0.1, 0.15) is 31.4 Å². The zero-order chi connectivity index (χ0) is 20.1. The molecule has 1 aromatic heterocycles. The fourth-order valence-electron chi connectivity index (χ4n) is 3.22. The molecule has 0 radical (unpaired) electrons. The number of hydrogen-bond donors (Lipinski definition) is 1. The lowest BCUT2D eigenvalue weighted by Gasteiger charge is -2.39. The number of amidine groups is 1. The van der Waals surface area contributed by atoms with E-state index in [1.54, 1.807) is 6.07 Å². The Labute approximate surface area is 169 Å². The van der Waals surface area contributed by atoms with E-state index < -0.39 is 0 Å². The first-order valence-corrected chi connectivity index (χ1v) is 9.51. The maximum atomic E-state index is 11.4. The second-order valence-corrected chi connectivity index (χ2v) is 6.73. The van der Waals surface area contributed by atoms with E-state index in [-0.39, 0.29) is 18.4 Å². The van der Waals surface area contributed by atoms with Crippen molar-refractivity contribution in [3.05, 3.63) is 65.5 Å². The number of nitrogens with zero attached hydrogens (tertiary/aromatic N) is 3. The van der Waals surface area contributed by atoms with Crippen molar-refractivity contribution >= 4 is 34.9 Å². The smallest absolute Gasteiger partial charge is 0.307 e. The SMILES string of the molecule is C=C1C(=NCCC(=O)OC)Nc2ccc(Cl)nc2N1C(CC)c1ccccc1. The van der Waals surface area contributed by atoms with Gasteiger partial charge in [-0.2, -0.15) is 0 Å². The van der Waals surface area contributed by atoms with Gasteiger partial charge in [0.2, 0.25) is 0 Å². The molecule has 1 aliphatic heterocycles. The summed E-state index contributed by atoms with van der Waals surface area (Å²) in [6.45, 7) is 6.67. The lowest BCUT2D eigenvalue weighted by Crippen LogP contribution is -2.39. The second kappa shape index (κ2) is 8.89. The van der Waals surface area contributed by atoms with E-state index in [0.717, 1.165) is 17.7 Å². The topological polar surface area (TPSA) is 66.8 Å². The molecule has 1 aromatic carbocycles. The van der Waals surface area contributed by atoms with E-state index in [2.05, 4.69) is 50.6 Å². The van der Waals surface area contributed by atoms with Crippen LogP contribution in [0.15, 0.2) is 59.7 Å². The largest absolute Gasteiger partial charge is 0.469 e. The summed E-state index contributed by atoms with van der Waals surface area (Å²) in [6.07, 6.45) is 1.04. The molecule has 1 atom stereocenters. The number of carbonyl (C=O) groups excluding carboxylic acids is 1. The van der Waals surface area contributed by atoms with Crippen LogP contribution in [0.3, 0.4) is 0 Å². The highest BCUT2D eigenvalue weighted by atomic mass is 35.5. The van der Waals surface area contributed by atoms with Crippen molar-refractivity contribution in [3.8, 4) is 0 Å². The standard InChI is InChI=1S/C21H23ClN4O2/c1-4-17(15-8-6-5-7-9-15)26-14(2)20(23-13-12-19(27)28-3)24-16-10-11-18(22)25-21(16)26/h5-11,17H,2,4,12-13H2,1,3H3,(H,23,24). The highest BCUT2D eigenvalue weighted by molar-refractivity contribution is 6.29. The van der Waals surface area contributed by atoms with Crippen LogP contribution in [0.4, 0.5) is 11.5 Å². The van der Waals surface area contributed by atoms with Crippen LogP contribution in [0, 0.1) is 0 Å². The van der Waals surface area contributed by atoms with Gasteiger partial charge in [0.05, 0.1) is 37.5 Å². The molecule has 2 heterocycles. The Balaban J connectivity index is 2.01. The number of fused-ring (bicyclic) bond motifs is 1. The van der Waals surface area contributed by atoms with E-state index in [9.17, 15) is 4.79 Å². The van der Waals surface area contributed by atoms with E-state index >= 15 is 0 Å². The average molecular weight is 399 g/mol. The van der Waals surface area contributed by atoms with Gasteiger partial charge in [0, 0.05) is 0 Å². The van der Waals surface area contributed by atoms with E-state index in [0.29, 0.717) is 29.0 Å². The molecule has 0 spiro atoms. The Hall–Kier alpha value is -2.86. The van der Waals surface area contributed by atoms with Crippen LogP contribution in [0.2, 0.25) is 5.15 Å². The van der Waals surface area contributed by atoms with Crippen LogP contribution in [-0.4, -0.2) is 30.4 Å². The number of anilines is 2. The average Bonchev–Trinajstić information content (AvgIpc) is 2.71. The number of nitrogens with one attached hydrogen (secondary N) is 1. The van der Waals surface area contributed by atoms with Gasteiger partial charge < -0.3 is 15.0 Å². The van der Waals surface area contributed by atoms with Crippen molar-refractivity contribution in [2.24, 2.45) is 4.99 Å². The van der Waals surface area contributed by atoms with E-state index in [4.69, 9.17) is 11.6 Å². The first kappa shape index (κ1) is 19.9. The van der Waals surface area contributed by atoms with Crippen molar-refractivity contribution < 1.29 is 9.53 Å². The van der Waals surface area contributed by atoms with E-state index in [1.165, 1.54) is 7.11 Å². The molecular weight excluding hydrogens is 376 g/mol. The van der Waals surface area contributed by atoms with Gasteiger partial charge in [0.25, 0.3) is 0 Å². The number of benzene rings is 1. The van der Waals surface area contributed by atoms with Crippen molar-refractivity contribution in [2.75, 3.05) is 23.9 Å². The minimum atomic E-state index is -0.299. The number of aliphatic imine (C=N–C) groups is 1. The Morgan fingerprint density at radius 3 is 2.75 bits per heavy atom. The minimum absolute atomic E-state index is 0.0197. The molecule has 0 aliphatic carbocycles. The van der Waals surface area contributed by atoms with Gasteiger partial charge in [-0.05, 0) is 24.1 Å². The predicted octanol–water partition coefficient (Wildman–Crippen LogP) is 4.59. The molecule has 0 saturated heterocycles. The molecular formula is C21H23ClN4O2. The van der Waals surface area contributed by atoms with Crippen LogP contribution in [0.5, 0.6) is 0 Å². The Bertz CT molecular complexity index is 899. The molecule has 1 aliphatic rings. The molecule has 7 heteroatoms. The maximum absolute atomic E-state index is 11.4. The van der Waals surface area contributed by atoms with Gasteiger partial charge in [-0.15, -0.1) is 0 Å². The summed E-state index contributed by atoms with van der Waals surface area (Å²) in [5.74, 6) is 1.02. The Morgan fingerprint density at radius 2 is 2.07 bits per heavy atom. The summed E-state index contributed by atoms with van der Waals surface area (Å²) in [6, 6.07) is 13.8. The summed E-state index contributed by atoms with van der Waals surface area (Å²) in [5, 5.41) is 3.67. The van der Waals surface area contributed by atoms with Gasteiger partial charge in [-0.1, -0.05) is 55.4 Å². The fraction of sp³-hybridized carbons (Fsp3) is 0.286. The molecule has 6 nitrogen and oxygen atoms in total. The highest BCUT2D eigenvalue weighted by Gasteiger charge is 2.32. The van der Waals surface area contributed by atoms with Crippen molar-refractivity contribution in [2.45, 2.75) is 25.8 Å².